The van der Waals surface area contributed by atoms with Gasteiger partial charge in [0.05, 0.1) is 14.2 Å². The molecule has 0 saturated heterocycles. The van der Waals surface area contributed by atoms with Crippen LogP contribution in [0.3, 0.4) is 0 Å². The average Bonchev–Trinajstić information content (AvgIpc) is 2.34. The Kier molecular flexibility index (Phi) is 5.08. The molecule has 1 rings (SSSR count). The van der Waals surface area contributed by atoms with Crippen LogP contribution in [0.15, 0.2) is 18.2 Å². The predicted octanol–water partition coefficient (Wildman–Crippen LogP) is 1.48. The van der Waals surface area contributed by atoms with Crippen molar-refractivity contribution in [3.8, 4) is 11.5 Å². The number of hydrogen-bond donors (Lipinski definition) is 2. The number of rotatable bonds is 6. The van der Waals surface area contributed by atoms with Gasteiger partial charge in [0.1, 0.15) is 0 Å². The molecule has 0 amide bonds. The molecule has 0 aliphatic rings. The Hall–Kier alpha value is -1.26. The molecule has 4 heteroatoms. The van der Waals surface area contributed by atoms with Crippen molar-refractivity contribution in [3.05, 3.63) is 23.8 Å². The van der Waals surface area contributed by atoms with E-state index in [-0.39, 0.29) is 12.6 Å². The third-order valence-electron chi connectivity index (χ3n) is 2.51. The molecular weight excluding hydrogens is 206 g/mol. The molecule has 1 atom stereocenters. The summed E-state index contributed by atoms with van der Waals surface area (Å²) in [6.07, 6.45) is 1.46. The predicted molar refractivity (Wildman–Crippen MR) is 62.8 cm³/mol. The summed E-state index contributed by atoms with van der Waals surface area (Å²) in [5.41, 5.74) is 6.98. The molecule has 0 heterocycles. The average molecular weight is 225 g/mol. The summed E-state index contributed by atoms with van der Waals surface area (Å²) in [5.74, 6) is 1.38. The van der Waals surface area contributed by atoms with E-state index in [1.807, 2.05) is 18.2 Å². The lowest BCUT2D eigenvalue weighted by molar-refractivity contribution is 0.280. The number of benzene rings is 1. The molecule has 0 aliphatic heterocycles. The van der Waals surface area contributed by atoms with Crippen LogP contribution in [0.25, 0.3) is 0 Å². The van der Waals surface area contributed by atoms with Gasteiger partial charge >= 0.3 is 0 Å². The highest BCUT2D eigenvalue weighted by Crippen LogP contribution is 2.30. The molecule has 0 saturated carbocycles. The summed E-state index contributed by atoms with van der Waals surface area (Å²) in [6.45, 7) is 0.168. The Morgan fingerprint density at radius 1 is 1.25 bits per heavy atom. The van der Waals surface area contributed by atoms with Crippen molar-refractivity contribution < 1.29 is 14.6 Å². The van der Waals surface area contributed by atoms with E-state index in [0.29, 0.717) is 17.9 Å². The van der Waals surface area contributed by atoms with Crippen LogP contribution < -0.4 is 15.2 Å². The number of ether oxygens (including phenoxy) is 2. The fourth-order valence-electron chi connectivity index (χ4n) is 1.56. The lowest BCUT2D eigenvalue weighted by Gasteiger charge is -2.14. The van der Waals surface area contributed by atoms with E-state index < -0.39 is 0 Å². The van der Waals surface area contributed by atoms with Crippen molar-refractivity contribution in [2.75, 3.05) is 20.8 Å². The lowest BCUT2D eigenvalue weighted by Crippen LogP contribution is -2.11. The Morgan fingerprint density at radius 2 is 1.94 bits per heavy atom. The molecule has 0 spiro atoms. The summed E-state index contributed by atoms with van der Waals surface area (Å²) < 4.78 is 10.3. The minimum Gasteiger partial charge on any atom is -0.493 e. The van der Waals surface area contributed by atoms with Gasteiger partial charge in [0.15, 0.2) is 11.5 Å². The van der Waals surface area contributed by atoms with Crippen LogP contribution in [0.5, 0.6) is 11.5 Å². The second kappa shape index (κ2) is 6.35. The number of nitrogens with two attached hydrogens (primary N) is 1. The highest BCUT2D eigenvalue weighted by Gasteiger charge is 2.10. The van der Waals surface area contributed by atoms with Crippen LogP contribution in [0.1, 0.15) is 24.4 Å². The molecule has 90 valence electrons. The first kappa shape index (κ1) is 12.8. The van der Waals surface area contributed by atoms with Crippen LogP contribution in [0, 0.1) is 0 Å². The maximum atomic E-state index is 8.74. The first-order valence-electron chi connectivity index (χ1n) is 5.31. The maximum absolute atomic E-state index is 8.74. The Morgan fingerprint density at radius 3 is 2.50 bits per heavy atom. The second-order valence-corrected chi connectivity index (χ2v) is 3.59. The molecule has 0 aliphatic carbocycles. The first-order chi connectivity index (χ1) is 7.72. The van der Waals surface area contributed by atoms with Crippen molar-refractivity contribution in [1.29, 1.82) is 0 Å². The summed E-state index contributed by atoms with van der Waals surface area (Å²) >= 11 is 0. The topological polar surface area (TPSA) is 64.7 Å². The van der Waals surface area contributed by atoms with Gasteiger partial charge in [-0.05, 0) is 30.5 Å². The number of aliphatic hydroxyl groups excluding tert-OH is 1. The monoisotopic (exact) mass is 225 g/mol. The molecule has 4 nitrogen and oxygen atoms in total. The SMILES string of the molecule is COc1ccc(C(N)CCCO)cc1OC. The van der Waals surface area contributed by atoms with Crippen molar-refractivity contribution in [2.24, 2.45) is 5.73 Å². The van der Waals surface area contributed by atoms with Crippen molar-refractivity contribution in [1.82, 2.24) is 0 Å². The quantitative estimate of drug-likeness (QED) is 0.769. The summed E-state index contributed by atoms with van der Waals surface area (Å²) in [4.78, 5) is 0. The lowest BCUT2D eigenvalue weighted by atomic mass is 10.0. The minimum atomic E-state index is -0.0769. The summed E-state index contributed by atoms with van der Waals surface area (Å²) in [7, 11) is 3.20. The smallest absolute Gasteiger partial charge is 0.161 e. The van der Waals surface area contributed by atoms with Crippen LogP contribution >= 0.6 is 0 Å². The molecule has 1 aromatic carbocycles. The fourth-order valence-corrected chi connectivity index (χ4v) is 1.56. The number of hydrogen-bond acceptors (Lipinski definition) is 4. The van der Waals surface area contributed by atoms with Gasteiger partial charge < -0.3 is 20.3 Å². The van der Waals surface area contributed by atoms with E-state index in [4.69, 9.17) is 20.3 Å². The molecule has 0 fully saturated rings. The Labute approximate surface area is 96.0 Å². The van der Waals surface area contributed by atoms with E-state index in [1.54, 1.807) is 14.2 Å². The molecule has 1 unspecified atom stereocenters. The molecule has 16 heavy (non-hydrogen) atoms. The molecule has 1 aromatic rings. The number of aliphatic hydroxyl groups is 1. The van der Waals surface area contributed by atoms with Gasteiger partial charge in [0.2, 0.25) is 0 Å². The van der Waals surface area contributed by atoms with E-state index in [2.05, 4.69) is 0 Å². The standard InChI is InChI=1S/C12H19NO3/c1-15-11-6-5-9(8-12(11)16-2)10(13)4-3-7-14/h5-6,8,10,14H,3-4,7,13H2,1-2H3. The third kappa shape index (κ3) is 3.12. The molecule has 0 aromatic heterocycles. The van der Waals surface area contributed by atoms with E-state index in [1.165, 1.54) is 0 Å². The van der Waals surface area contributed by atoms with Crippen LogP contribution in [-0.4, -0.2) is 25.9 Å². The van der Waals surface area contributed by atoms with Crippen LogP contribution in [0.4, 0.5) is 0 Å². The summed E-state index contributed by atoms with van der Waals surface area (Å²) in [5, 5.41) is 8.74. The van der Waals surface area contributed by atoms with Crippen LogP contribution in [0.2, 0.25) is 0 Å². The zero-order valence-corrected chi connectivity index (χ0v) is 9.77. The van der Waals surface area contributed by atoms with E-state index in [0.717, 1.165) is 12.0 Å². The molecule has 0 bridgehead atoms. The van der Waals surface area contributed by atoms with Crippen LogP contribution in [-0.2, 0) is 0 Å². The molecular formula is C12H19NO3. The minimum absolute atomic E-state index is 0.0769. The normalized spacial score (nSPS) is 12.2. The van der Waals surface area contributed by atoms with Gasteiger partial charge in [-0.25, -0.2) is 0 Å². The largest absolute Gasteiger partial charge is 0.493 e. The summed E-state index contributed by atoms with van der Waals surface area (Å²) in [6, 6.07) is 5.56. The molecule has 0 radical (unpaired) electrons. The fraction of sp³-hybridized carbons (Fsp3) is 0.500. The number of methoxy groups -OCH3 is 2. The van der Waals surface area contributed by atoms with Gasteiger partial charge in [-0.15, -0.1) is 0 Å². The van der Waals surface area contributed by atoms with Gasteiger partial charge in [-0.1, -0.05) is 6.07 Å². The Bertz CT molecular complexity index is 328. The van der Waals surface area contributed by atoms with Gasteiger partial charge in [-0.2, -0.15) is 0 Å². The van der Waals surface area contributed by atoms with E-state index in [9.17, 15) is 0 Å². The third-order valence-corrected chi connectivity index (χ3v) is 2.51. The van der Waals surface area contributed by atoms with Crippen molar-refractivity contribution in [3.63, 3.8) is 0 Å². The second-order valence-electron chi connectivity index (χ2n) is 3.59. The van der Waals surface area contributed by atoms with Crippen molar-refractivity contribution in [2.45, 2.75) is 18.9 Å². The zero-order chi connectivity index (χ0) is 12.0. The highest BCUT2D eigenvalue weighted by atomic mass is 16.5. The Balaban J connectivity index is 2.81. The molecule has 3 N–H and O–H groups in total. The van der Waals surface area contributed by atoms with Gasteiger partial charge in [0, 0.05) is 12.6 Å². The zero-order valence-electron chi connectivity index (χ0n) is 9.77. The first-order valence-corrected chi connectivity index (χ1v) is 5.31. The maximum Gasteiger partial charge on any atom is 0.161 e. The van der Waals surface area contributed by atoms with Gasteiger partial charge in [0.25, 0.3) is 0 Å². The van der Waals surface area contributed by atoms with Gasteiger partial charge in [-0.3, -0.25) is 0 Å². The van der Waals surface area contributed by atoms with E-state index >= 15 is 0 Å². The van der Waals surface area contributed by atoms with Crippen molar-refractivity contribution >= 4 is 0 Å². The highest BCUT2D eigenvalue weighted by molar-refractivity contribution is 5.43.